The number of para-hydroxylation sites is 1. The Balaban J connectivity index is 1.77. The minimum atomic E-state index is -0.674. The maximum atomic E-state index is 12.0. The molecule has 2 N–H and O–H groups in total. The average molecular weight is 421 g/mol. The van der Waals surface area contributed by atoms with Crippen LogP contribution in [0.1, 0.15) is 12.8 Å². The highest BCUT2D eigenvalue weighted by atomic mass is 35.5. The standard InChI is InChI=1S/C20H21ClN2O6/c1-27-13-7-8-17(28-2)16(11-13)23-19(25)12-29-20(26)10-9-18(24)22-15-6-4-3-5-14(15)21/h3-8,11H,9-10,12H2,1-2H3,(H,22,24)(H,23,25). The van der Waals surface area contributed by atoms with Crippen molar-refractivity contribution < 1.29 is 28.6 Å². The van der Waals surface area contributed by atoms with Gasteiger partial charge in [-0.3, -0.25) is 14.4 Å². The van der Waals surface area contributed by atoms with Gasteiger partial charge in [0.05, 0.1) is 37.0 Å². The molecule has 0 unspecified atom stereocenters. The Morgan fingerprint density at radius 2 is 1.62 bits per heavy atom. The van der Waals surface area contributed by atoms with Crippen molar-refractivity contribution in [1.82, 2.24) is 0 Å². The number of hydrogen-bond acceptors (Lipinski definition) is 6. The quantitative estimate of drug-likeness (QED) is 0.603. The number of carbonyl (C=O) groups is 3. The zero-order valence-electron chi connectivity index (χ0n) is 16.0. The van der Waals surface area contributed by atoms with Gasteiger partial charge in [-0.1, -0.05) is 23.7 Å². The summed E-state index contributed by atoms with van der Waals surface area (Å²) in [6.45, 7) is -0.495. The summed E-state index contributed by atoms with van der Waals surface area (Å²) in [5.41, 5.74) is 0.839. The van der Waals surface area contributed by atoms with Crippen LogP contribution in [0.2, 0.25) is 5.02 Å². The van der Waals surface area contributed by atoms with E-state index in [-0.39, 0.29) is 18.7 Å². The molecule has 0 saturated carbocycles. The van der Waals surface area contributed by atoms with Crippen LogP contribution >= 0.6 is 11.6 Å². The van der Waals surface area contributed by atoms with Gasteiger partial charge >= 0.3 is 5.97 Å². The lowest BCUT2D eigenvalue weighted by molar-refractivity contribution is -0.147. The van der Waals surface area contributed by atoms with Crippen LogP contribution in [0.4, 0.5) is 11.4 Å². The number of benzene rings is 2. The van der Waals surface area contributed by atoms with E-state index in [9.17, 15) is 14.4 Å². The molecule has 154 valence electrons. The molecule has 0 radical (unpaired) electrons. The van der Waals surface area contributed by atoms with E-state index in [1.807, 2.05) is 0 Å². The number of nitrogens with one attached hydrogen (secondary N) is 2. The van der Waals surface area contributed by atoms with Crippen LogP contribution in [-0.2, 0) is 19.1 Å². The lowest BCUT2D eigenvalue weighted by Gasteiger charge is -2.12. The second-order valence-electron chi connectivity index (χ2n) is 5.80. The molecule has 8 nitrogen and oxygen atoms in total. The zero-order chi connectivity index (χ0) is 21.2. The van der Waals surface area contributed by atoms with E-state index in [0.717, 1.165) is 0 Å². The molecular weight excluding hydrogens is 400 g/mol. The largest absolute Gasteiger partial charge is 0.497 e. The summed E-state index contributed by atoms with van der Waals surface area (Å²) in [7, 11) is 2.96. The van der Waals surface area contributed by atoms with E-state index in [0.29, 0.717) is 27.9 Å². The van der Waals surface area contributed by atoms with Gasteiger partial charge in [0.2, 0.25) is 5.91 Å². The Bertz CT molecular complexity index is 887. The molecule has 2 amide bonds. The molecule has 2 rings (SSSR count). The third-order valence-electron chi connectivity index (χ3n) is 3.75. The van der Waals surface area contributed by atoms with Crippen LogP contribution in [0.25, 0.3) is 0 Å². The number of rotatable bonds is 9. The molecule has 0 aliphatic heterocycles. The van der Waals surface area contributed by atoms with Gasteiger partial charge in [0.1, 0.15) is 11.5 Å². The highest BCUT2D eigenvalue weighted by Gasteiger charge is 2.13. The summed E-state index contributed by atoms with van der Waals surface area (Å²) in [5, 5.41) is 5.58. The average Bonchev–Trinajstić information content (AvgIpc) is 2.72. The van der Waals surface area contributed by atoms with Gasteiger partial charge < -0.3 is 24.8 Å². The van der Waals surface area contributed by atoms with Crippen molar-refractivity contribution >= 4 is 40.8 Å². The Labute approximate surface area is 173 Å². The zero-order valence-corrected chi connectivity index (χ0v) is 16.7. The first-order valence-corrected chi connectivity index (χ1v) is 9.02. The van der Waals surface area contributed by atoms with Crippen molar-refractivity contribution in [1.29, 1.82) is 0 Å². The first-order chi connectivity index (χ1) is 13.9. The van der Waals surface area contributed by atoms with Gasteiger partial charge in [-0.05, 0) is 24.3 Å². The minimum absolute atomic E-state index is 0.102. The van der Waals surface area contributed by atoms with Crippen LogP contribution in [0.5, 0.6) is 11.5 Å². The summed E-state index contributed by atoms with van der Waals surface area (Å²) < 4.78 is 15.2. The second-order valence-corrected chi connectivity index (χ2v) is 6.21. The smallest absolute Gasteiger partial charge is 0.306 e. The summed E-state index contributed by atoms with van der Waals surface area (Å²) in [6, 6.07) is 11.7. The number of methoxy groups -OCH3 is 2. The molecule has 0 atom stereocenters. The maximum Gasteiger partial charge on any atom is 0.306 e. The number of hydrogen-bond donors (Lipinski definition) is 2. The van der Waals surface area contributed by atoms with E-state index >= 15 is 0 Å². The fourth-order valence-corrected chi connectivity index (χ4v) is 2.49. The fraction of sp³-hybridized carbons (Fsp3) is 0.250. The van der Waals surface area contributed by atoms with Crippen LogP contribution < -0.4 is 20.1 Å². The molecule has 9 heteroatoms. The normalized spacial score (nSPS) is 10.0. The number of amides is 2. The van der Waals surface area contributed by atoms with Crippen molar-refractivity contribution in [3.63, 3.8) is 0 Å². The van der Waals surface area contributed by atoms with Gasteiger partial charge in [-0.15, -0.1) is 0 Å². The van der Waals surface area contributed by atoms with E-state index < -0.39 is 18.5 Å². The van der Waals surface area contributed by atoms with Gasteiger partial charge in [0.25, 0.3) is 5.91 Å². The first kappa shape index (κ1) is 22.0. The second kappa shape index (κ2) is 10.9. The van der Waals surface area contributed by atoms with E-state index in [2.05, 4.69) is 10.6 Å². The van der Waals surface area contributed by atoms with Gasteiger partial charge in [-0.2, -0.15) is 0 Å². The predicted octanol–water partition coefficient (Wildman–Crippen LogP) is 3.26. The topological polar surface area (TPSA) is 103 Å². The van der Waals surface area contributed by atoms with Gasteiger partial charge in [0, 0.05) is 12.5 Å². The maximum absolute atomic E-state index is 12.0. The number of carbonyl (C=O) groups excluding carboxylic acids is 3. The number of anilines is 2. The molecule has 0 fully saturated rings. The number of esters is 1. The Morgan fingerprint density at radius 3 is 2.31 bits per heavy atom. The fourth-order valence-electron chi connectivity index (χ4n) is 2.31. The van der Waals surface area contributed by atoms with Crippen molar-refractivity contribution in [3.05, 3.63) is 47.5 Å². The molecular formula is C20H21ClN2O6. The van der Waals surface area contributed by atoms with E-state index in [4.69, 9.17) is 25.8 Å². The molecule has 29 heavy (non-hydrogen) atoms. The number of ether oxygens (including phenoxy) is 3. The summed E-state index contributed by atoms with van der Waals surface area (Å²) in [5.74, 6) is -0.651. The molecule has 0 aliphatic rings. The van der Waals surface area contributed by atoms with Crippen molar-refractivity contribution in [3.8, 4) is 11.5 Å². The van der Waals surface area contributed by atoms with Crippen molar-refractivity contribution in [2.24, 2.45) is 0 Å². The Kier molecular flexibility index (Phi) is 8.29. The first-order valence-electron chi connectivity index (χ1n) is 8.64. The molecule has 2 aromatic carbocycles. The Morgan fingerprint density at radius 1 is 0.897 bits per heavy atom. The molecule has 0 bridgehead atoms. The highest BCUT2D eigenvalue weighted by molar-refractivity contribution is 6.33. The third-order valence-corrected chi connectivity index (χ3v) is 4.08. The SMILES string of the molecule is COc1ccc(OC)c(NC(=O)COC(=O)CCC(=O)Nc2ccccc2Cl)c1. The molecule has 0 aliphatic carbocycles. The van der Waals surface area contributed by atoms with Crippen LogP contribution in [-0.4, -0.2) is 38.6 Å². The van der Waals surface area contributed by atoms with Gasteiger partial charge in [0.15, 0.2) is 6.61 Å². The van der Waals surface area contributed by atoms with E-state index in [1.54, 1.807) is 42.5 Å². The van der Waals surface area contributed by atoms with Crippen LogP contribution in [0.15, 0.2) is 42.5 Å². The number of halogens is 1. The third kappa shape index (κ3) is 7.00. The molecule has 2 aromatic rings. The van der Waals surface area contributed by atoms with Crippen molar-refractivity contribution in [2.45, 2.75) is 12.8 Å². The van der Waals surface area contributed by atoms with Crippen LogP contribution in [0, 0.1) is 0 Å². The van der Waals surface area contributed by atoms with Crippen molar-refractivity contribution in [2.75, 3.05) is 31.5 Å². The summed E-state index contributed by atoms with van der Waals surface area (Å²) in [6.07, 6.45) is -0.276. The van der Waals surface area contributed by atoms with Crippen LogP contribution in [0.3, 0.4) is 0 Å². The van der Waals surface area contributed by atoms with E-state index in [1.165, 1.54) is 14.2 Å². The predicted molar refractivity (Wildman–Crippen MR) is 108 cm³/mol. The summed E-state index contributed by atoms with van der Waals surface area (Å²) >= 11 is 5.96. The molecule has 0 aromatic heterocycles. The molecule has 0 spiro atoms. The lowest BCUT2D eigenvalue weighted by atomic mass is 10.2. The lowest BCUT2D eigenvalue weighted by Crippen LogP contribution is -2.22. The minimum Gasteiger partial charge on any atom is -0.497 e. The molecule has 0 heterocycles. The highest BCUT2D eigenvalue weighted by Crippen LogP contribution is 2.28. The summed E-state index contributed by atoms with van der Waals surface area (Å²) in [4.78, 5) is 35.7. The Hall–Kier alpha value is -3.26. The van der Waals surface area contributed by atoms with Gasteiger partial charge in [-0.25, -0.2) is 0 Å². The monoisotopic (exact) mass is 420 g/mol. The molecule has 0 saturated heterocycles.